The van der Waals surface area contributed by atoms with Crippen LogP contribution in [0.1, 0.15) is 0 Å². The Morgan fingerprint density at radius 3 is 2.88 bits per heavy atom. The van der Waals surface area contributed by atoms with E-state index in [1.165, 1.54) is 16.7 Å². The Labute approximate surface area is 87.9 Å². The van der Waals surface area contributed by atoms with Gasteiger partial charge in [-0.05, 0) is 18.2 Å². The molecule has 0 bridgehead atoms. The van der Waals surface area contributed by atoms with Crippen LogP contribution in [0.3, 0.4) is 0 Å². The lowest BCUT2D eigenvalue weighted by atomic mass is 10.2. The first-order valence-electron chi connectivity index (χ1n) is 4.65. The molecule has 3 aromatic rings. The molecule has 0 amide bonds. The summed E-state index contributed by atoms with van der Waals surface area (Å²) >= 11 is 0. The first kappa shape index (κ1) is 9.08. The van der Waals surface area contributed by atoms with Gasteiger partial charge in [0.25, 0.3) is 0 Å². The molecule has 0 aliphatic rings. The zero-order valence-corrected chi connectivity index (χ0v) is 8.00. The lowest BCUT2D eigenvalue weighted by molar-refractivity contribution is 0.590. The highest BCUT2D eigenvalue weighted by molar-refractivity contribution is 5.93. The minimum absolute atomic E-state index is 0.0256. The molecule has 0 saturated carbocycles. The topological polar surface area (TPSA) is 37.3 Å². The second-order valence-corrected chi connectivity index (χ2v) is 3.50. The molecule has 0 atom stereocenters. The normalized spacial score (nSPS) is 11.4. The van der Waals surface area contributed by atoms with Crippen molar-refractivity contribution in [1.82, 2.24) is 9.38 Å². The number of hydrogen-bond donors (Lipinski definition) is 1. The van der Waals surface area contributed by atoms with Gasteiger partial charge in [0, 0.05) is 17.6 Å². The van der Waals surface area contributed by atoms with Crippen molar-refractivity contribution in [1.29, 1.82) is 0 Å². The predicted molar refractivity (Wildman–Crippen MR) is 55.4 cm³/mol. The number of benzene rings is 1. The van der Waals surface area contributed by atoms with Gasteiger partial charge in [0.05, 0.1) is 11.0 Å². The maximum absolute atomic E-state index is 13.4. The zero-order chi connectivity index (χ0) is 11.3. The fourth-order valence-electron chi connectivity index (χ4n) is 1.85. The summed E-state index contributed by atoms with van der Waals surface area (Å²) in [6.45, 7) is 0. The summed E-state index contributed by atoms with van der Waals surface area (Å²) < 4.78 is 27.8. The van der Waals surface area contributed by atoms with Gasteiger partial charge in [-0.2, -0.15) is 0 Å². The molecule has 0 spiro atoms. The van der Waals surface area contributed by atoms with Crippen LogP contribution in [0, 0.1) is 11.6 Å². The van der Waals surface area contributed by atoms with Crippen LogP contribution in [-0.4, -0.2) is 9.38 Å². The Balaban J connectivity index is 2.69. The minimum atomic E-state index is -0.768. The fourth-order valence-corrected chi connectivity index (χ4v) is 1.85. The van der Waals surface area contributed by atoms with Gasteiger partial charge >= 0.3 is 5.69 Å². The standard InChI is InChI=1S/C11H6F2N2O/c12-6-4-7-9-2-1-3-15(9)11(16)14-10(7)8(13)5-6/h1-5H,(H,14,16). The third-order valence-corrected chi connectivity index (χ3v) is 2.53. The van der Waals surface area contributed by atoms with E-state index >= 15 is 0 Å². The molecule has 80 valence electrons. The maximum Gasteiger partial charge on any atom is 0.330 e. The van der Waals surface area contributed by atoms with Crippen molar-refractivity contribution in [3.8, 4) is 0 Å². The number of rotatable bonds is 0. The number of nitrogens with zero attached hydrogens (tertiary/aromatic N) is 1. The van der Waals surface area contributed by atoms with Crippen molar-refractivity contribution in [2.24, 2.45) is 0 Å². The third kappa shape index (κ3) is 1.08. The Hall–Kier alpha value is -2.17. The number of hydrogen-bond acceptors (Lipinski definition) is 1. The molecule has 0 fully saturated rings. The average Bonchev–Trinajstić information content (AvgIpc) is 2.69. The van der Waals surface area contributed by atoms with Crippen LogP contribution in [-0.2, 0) is 0 Å². The van der Waals surface area contributed by atoms with E-state index in [2.05, 4.69) is 4.98 Å². The number of halogens is 2. The summed E-state index contributed by atoms with van der Waals surface area (Å²) in [7, 11) is 0. The van der Waals surface area contributed by atoms with E-state index in [4.69, 9.17) is 0 Å². The number of aromatic nitrogens is 2. The molecule has 0 unspecified atom stereocenters. The van der Waals surface area contributed by atoms with Gasteiger partial charge in [0.15, 0.2) is 0 Å². The first-order valence-corrected chi connectivity index (χ1v) is 4.65. The molecule has 0 aliphatic carbocycles. The van der Waals surface area contributed by atoms with Crippen molar-refractivity contribution in [2.75, 3.05) is 0 Å². The van der Waals surface area contributed by atoms with Crippen LogP contribution >= 0.6 is 0 Å². The molecule has 2 heterocycles. The summed E-state index contributed by atoms with van der Waals surface area (Å²) in [6.07, 6.45) is 1.54. The van der Waals surface area contributed by atoms with E-state index in [0.717, 1.165) is 6.07 Å². The summed E-state index contributed by atoms with van der Waals surface area (Å²) in [5.74, 6) is -1.43. The first-order chi connectivity index (χ1) is 7.66. The van der Waals surface area contributed by atoms with Crippen molar-refractivity contribution < 1.29 is 8.78 Å². The van der Waals surface area contributed by atoms with Gasteiger partial charge in [-0.15, -0.1) is 0 Å². The van der Waals surface area contributed by atoms with Gasteiger partial charge in [0.1, 0.15) is 11.6 Å². The monoisotopic (exact) mass is 220 g/mol. The van der Waals surface area contributed by atoms with E-state index in [-0.39, 0.29) is 5.52 Å². The van der Waals surface area contributed by atoms with Crippen molar-refractivity contribution in [2.45, 2.75) is 0 Å². The second kappa shape index (κ2) is 2.91. The molecule has 3 nitrogen and oxygen atoms in total. The summed E-state index contributed by atoms with van der Waals surface area (Å²) in [5, 5.41) is 0.349. The molecule has 0 saturated heterocycles. The lowest BCUT2D eigenvalue weighted by Crippen LogP contribution is -2.15. The van der Waals surface area contributed by atoms with E-state index in [1.807, 2.05) is 0 Å². The summed E-state index contributed by atoms with van der Waals surface area (Å²) in [6, 6.07) is 5.23. The largest absolute Gasteiger partial charge is 0.330 e. The van der Waals surface area contributed by atoms with E-state index in [1.54, 1.807) is 12.1 Å². The van der Waals surface area contributed by atoms with Gasteiger partial charge in [-0.1, -0.05) is 0 Å². The van der Waals surface area contributed by atoms with Crippen molar-refractivity contribution in [3.63, 3.8) is 0 Å². The van der Waals surface area contributed by atoms with Gasteiger partial charge < -0.3 is 4.98 Å². The molecule has 0 aliphatic heterocycles. The predicted octanol–water partition coefficient (Wildman–Crippen LogP) is 2.06. The Bertz CT molecular complexity index is 758. The van der Waals surface area contributed by atoms with Crippen LogP contribution in [0.4, 0.5) is 8.78 Å². The smallest absolute Gasteiger partial charge is 0.304 e. The molecular formula is C11H6F2N2O. The quantitative estimate of drug-likeness (QED) is 0.618. The van der Waals surface area contributed by atoms with E-state index < -0.39 is 17.3 Å². The van der Waals surface area contributed by atoms with Crippen molar-refractivity contribution >= 4 is 16.4 Å². The van der Waals surface area contributed by atoms with Crippen LogP contribution in [0.5, 0.6) is 0 Å². The highest BCUT2D eigenvalue weighted by atomic mass is 19.1. The molecule has 3 rings (SSSR count). The third-order valence-electron chi connectivity index (χ3n) is 2.53. The minimum Gasteiger partial charge on any atom is -0.304 e. The Morgan fingerprint density at radius 1 is 1.25 bits per heavy atom. The Morgan fingerprint density at radius 2 is 2.06 bits per heavy atom. The van der Waals surface area contributed by atoms with Crippen LogP contribution in [0.25, 0.3) is 16.4 Å². The van der Waals surface area contributed by atoms with E-state index in [0.29, 0.717) is 10.9 Å². The molecule has 1 N–H and O–H groups in total. The molecule has 2 aromatic heterocycles. The molecule has 16 heavy (non-hydrogen) atoms. The molecule has 1 aromatic carbocycles. The molecule has 0 radical (unpaired) electrons. The van der Waals surface area contributed by atoms with Crippen LogP contribution in [0.2, 0.25) is 0 Å². The molecular weight excluding hydrogens is 214 g/mol. The highest BCUT2D eigenvalue weighted by Crippen LogP contribution is 2.20. The number of nitrogens with one attached hydrogen (secondary N) is 1. The Kier molecular flexibility index (Phi) is 1.65. The van der Waals surface area contributed by atoms with Crippen molar-refractivity contribution in [3.05, 3.63) is 52.6 Å². The van der Waals surface area contributed by atoms with Crippen LogP contribution < -0.4 is 5.69 Å². The maximum atomic E-state index is 13.4. The summed E-state index contributed by atoms with van der Waals surface area (Å²) in [4.78, 5) is 13.9. The number of H-pyrrole nitrogens is 1. The van der Waals surface area contributed by atoms with Gasteiger partial charge in [0.2, 0.25) is 0 Å². The average molecular weight is 220 g/mol. The lowest BCUT2D eigenvalue weighted by Gasteiger charge is -2.02. The fraction of sp³-hybridized carbons (Fsp3) is 0. The second-order valence-electron chi connectivity index (χ2n) is 3.50. The highest BCUT2D eigenvalue weighted by Gasteiger charge is 2.09. The van der Waals surface area contributed by atoms with Gasteiger partial charge in [-0.25, -0.2) is 13.6 Å². The SMILES string of the molecule is O=c1[nH]c2c(F)cc(F)cc2c2cccn12. The zero-order valence-electron chi connectivity index (χ0n) is 8.00. The molecule has 5 heteroatoms. The van der Waals surface area contributed by atoms with Gasteiger partial charge in [-0.3, -0.25) is 4.40 Å². The van der Waals surface area contributed by atoms with E-state index in [9.17, 15) is 13.6 Å². The number of aromatic amines is 1. The van der Waals surface area contributed by atoms with Crippen LogP contribution in [0.15, 0.2) is 35.3 Å². The number of fused-ring (bicyclic) bond motifs is 3. The summed E-state index contributed by atoms with van der Waals surface area (Å²) in [5.41, 5.74) is 0.0627.